The van der Waals surface area contributed by atoms with Gasteiger partial charge in [0.2, 0.25) is 5.82 Å². The van der Waals surface area contributed by atoms with Crippen LogP contribution in [0.5, 0.6) is 0 Å². The van der Waals surface area contributed by atoms with Crippen LogP contribution in [-0.2, 0) is 0 Å². The van der Waals surface area contributed by atoms with Crippen molar-refractivity contribution in [1.29, 1.82) is 0 Å². The standard InChI is InChI=1S/C16H20FN3O4/c1-16(2)10-3-9(4-11(16)5-10)8-18-13-6-12(17)14(19(21)22)7-15(13)20(23)24/h6-7,9-11,18H,3-5,8H2,1-2H3. The van der Waals surface area contributed by atoms with Gasteiger partial charge in [-0.2, -0.15) is 4.39 Å². The number of fused-ring (bicyclic) bond motifs is 2. The number of nitro groups is 2. The lowest BCUT2D eigenvalue weighted by Crippen LogP contribution is -2.51. The molecule has 7 nitrogen and oxygen atoms in total. The Morgan fingerprint density at radius 2 is 1.71 bits per heavy atom. The Balaban J connectivity index is 1.72. The van der Waals surface area contributed by atoms with Gasteiger partial charge in [0.05, 0.1) is 15.9 Å². The molecule has 1 N–H and O–H groups in total. The van der Waals surface area contributed by atoms with E-state index < -0.39 is 27.0 Å². The zero-order chi connectivity index (χ0) is 17.6. The molecule has 2 atom stereocenters. The molecule has 0 aliphatic heterocycles. The van der Waals surface area contributed by atoms with E-state index >= 15 is 0 Å². The number of nitrogens with one attached hydrogen (secondary N) is 1. The summed E-state index contributed by atoms with van der Waals surface area (Å²) in [5.74, 6) is 0.665. The molecule has 2 unspecified atom stereocenters. The molecule has 0 saturated heterocycles. The number of hydrogen-bond acceptors (Lipinski definition) is 5. The summed E-state index contributed by atoms with van der Waals surface area (Å²) < 4.78 is 13.8. The van der Waals surface area contributed by atoms with Gasteiger partial charge >= 0.3 is 5.69 Å². The third kappa shape index (κ3) is 2.70. The fraction of sp³-hybridized carbons (Fsp3) is 0.625. The SMILES string of the molecule is CC1(C)C2CC(CNc3cc(F)c([N+](=O)[O-])cc3[N+](=O)[O-])CC1C2. The van der Waals surface area contributed by atoms with E-state index in [0.29, 0.717) is 35.8 Å². The van der Waals surface area contributed by atoms with E-state index in [1.165, 1.54) is 6.42 Å². The average molecular weight is 337 g/mol. The topological polar surface area (TPSA) is 98.3 Å². The number of nitrogens with zero attached hydrogens (tertiary/aromatic N) is 2. The molecule has 0 radical (unpaired) electrons. The van der Waals surface area contributed by atoms with Crippen LogP contribution in [0.1, 0.15) is 33.1 Å². The summed E-state index contributed by atoms with van der Waals surface area (Å²) in [6.45, 7) is 5.08. The molecular formula is C16H20FN3O4. The van der Waals surface area contributed by atoms with E-state index in [1.807, 2.05) is 0 Å². The molecule has 0 amide bonds. The van der Waals surface area contributed by atoms with Crippen molar-refractivity contribution >= 4 is 17.1 Å². The van der Waals surface area contributed by atoms with Crippen LogP contribution < -0.4 is 5.32 Å². The number of rotatable bonds is 5. The molecular weight excluding hydrogens is 317 g/mol. The maximum absolute atomic E-state index is 13.8. The Morgan fingerprint density at radius 1 is 1.12 bits per heavy atom. The van der Waals surface area contributed by atoms with Crippen molar-refractivity contribution in [1.82, 2.24) is 0 Å². The summed E-state index contributed by atoms with van der Waals surface area (Å²) in [5, 5.41) is 24.8. The van der Waals surface area contributed by atoms with Gasteiger partial charge in [-0.3, -0.25) is 20.2 Å². The first-order valence-electron chi connectivity index (χ1n) is 8.06. The van der Waals surface area contributed by atoms with Gasteiger partial charge in [-0.1, -0.05) is 13.8 Å². The van der Waals surface area contributed by atoms with Gasteiger partial charge in [-0.05, 0) is 42.4 Å². The van der Waals surface area contributed by atoms with E-state index in [-0.39, 0.29) is 5.69 Å². The van der Waals surface area contributed by atoms with E-state index in [4.69, 9.17) is 0 Å². The largest absolute Gasteiger partial charge is 0.379 e. The van der Waals surface area contributed by atoms with Crippen molar-refractivity contribution in [2.45, 2.75) is 33.1 Å². The summed E-state index contributed by atoms with van der Waals surface area (Å²) in [6, 6.07) is 1.53. The minimum absolute atomic E-state index is 0.00149. The predicted octanol–water partition coefficient (Wildman–Crippen LogP) is 4.13. The number of halogens is 1. The van der Waals surface area contributed by atoms with E-state index in [2.05, 4.69) is 19.2 Å². The molecule has 1 aromatic carbocycles. The maximum Gasteiger partial charge on any atom is 0.311 e. The highest BCUT2D eigenvalue weighted by atomic mass is 19.1. The average Bonchev–Trinajstić information content (AvgIpc) is 2.52. The van der Waals surface area contributed by atoms with Crippen molar-refractivity contribution < 1.29 is 14.2 Å². The third-order valence-corrected chi connectivity index (χ3v) is 5.95. The number of hydrogen-bond donors (Lipinski definition) is 1. The molecule has 24 heavy (non-hydrogen) atoms. The summed E-state index contributed by atoms with van der Waals surface area (Å²) in [7, 11) is 0. The van der Waals surface area contributed by atoms with Gasteiger partial charge in [-0.25, -0.2) is 0 Å². The molecule has 0 spiro atoms. The molecule has 2 bridgehead atoms. The Morgan fingerprint density at radius 3 is 2.21 bits per heavy atom. The second kappa shape index (κ2) is 5.68. The first-order valence-corrected chi connectivity index (χ1v) is 8.06. The molecule has 0 aromatic heterocycles. The maximum atomic E-state index is 13.8. The zero-order valence-corrected chi connectivity index (χ0v) is 13.6. The highest BCUT2D eigenvalue weighted by Crippen LogP contribution is 2.60. The smallest absolute Gasteiger partial charge is 0.311 e. The summed E-state index contributed by atoms with van der Waals surface area (Å²) in [5.41, 5.74) is -0.971. The minimum atomic E-state index is -1.07. The number of anilines is 1. The predicted molar refractivity (Wildman–Crippen MR) is 86.3 cm³/mol. The Labute approximate surface area is 138 Å². The second-order valence-corrected chi connectivity index (χ2v) is 7.50. The molecule has 8 heteroatoms. The van der Waals surface area contributed by atoms with Crippen LogP contribution in [0, 0.1) is 49.2 Å². The van der Waals surface area contributed by atoms with Gasteiger partial charge in [0.15, 0.2) is 0 Å². The molecule has 3 aliphatic rings. The summed E-state index contributed by atoms with van der Waals surface area (Å²) >= 11 is 0. The quantitative estimate of drug-likeness (QED) is 0.643. The van der Waals surface area contributed by atoms with Crippen molar-refractivity contribution in [3.05, 3.63) is 38.2 Å². The Hall–Kier alpha value is -2.25. The molecule has 3 aliphatic carbocycles. The Kier molecular flexibility index (Phi) is 3.93. The number of nitro benzene ring substituents is 2. The highest BCUT2D eigenvalue weighted by Gasteiger charge is 2.52. The third-order valence-electron chi connectivity index (χ3n) is 5.95. The molecule has 1 aromatic rings. The molecule has 4 rings (SSSR count). The number of benzene rings is 1. The first kappa shape index (κ1) is 16.6. The normalized spacial score (nSPS) is 27.2. The van der Waals surface area contributed by atoms with Crippen LogP contribution in [0.15, 0.2) is 12.1 Å². The monoisotopic (exact) mass is 337 g/mol. The van der Waals surface area contributed by atoms with Gasteiger partial charge in [-0.15, -0.1) is 0 Å². The van der Waals surface area contributed by atoms with Crippen LogP contribution in [0.25, 0.3) is 0 Å². The first-order chi connectivity index (χ1) is 11.2. The lowest BCUT2D eigenvalue weighted by atomic mass is 9.47. The minimum Gasteiger partial charge on any atom is -0.379 e. The van der Waals surface area contributed by atoms with Crippen molar-refractivity contribution in [2.24, 2.45) is 23.2 Å². The highest BCUT2D eigenvalue weighted by molar-refractivity contribution is 5.65. The fourth-order valence-corrected chi connectivity index (χ4v) is 4.23. The van der Waals surface area contributed by atoms with Crippen LogP contribution in [0.2, 0.25) is 0 Å². The van der Waals surface area contributed by atoms with Gasteiger partial charge in [0.1, 0.15) is 5.69 Å². The van der Waals surface area contributed by atoms with Crippen LogP contribution in [0.4, 0.5) is 21.5 Å². The van der Waals surface area contributed by atoms with Crippen molar-refractivity contribution in [3.63, 3.8) is 0 Å². The second-order valence-electron chi connectivity index (χ2n) is 7.50. The van der Waals surface area contributed by atoms with Crippen molar-refractivity contribution in [3.8, 4) is 0 Å². The van der Waals surface area contributed by atoms with Gasteiger partial charge in [0.25, 0.3) is 5.69 Å². The lowest BCUT2D eigenvalue weighted by molar-refractivity contribution is -0.395. The zero-order valence-electron chi connectivity index (χ0n) is 13.6. The van der Waals surface area contributed by atoms with Crippen molar-refractivity contribution in [2.75, 3.05) is 11.9 Å². The van der Waals surface area contributed by atoms with Crippen LogP contribution in [0.3, 0.4) is 0 Å². The fourth-order valence-electron chi connectivity index (χ4n) is 4.23. The summed E-state index contributed by atoms with van der Waals surface area (Å²) in [6.07, 6.45) is 3.36. The molecule has 3 fully saturated rings. The van der Waals surface area contributed by atoms with Crippen LogP contribution >= 0.6 is 0 Å². The molecule has 130 valence electrons. The van der Waals surface area contributed by atoms with E-state index in [1.54, 1.807) is 0 Å². The van der Waals surface area contributed by atoms with Gasteiger partial charge in [0, 0.05) is 12.6 Å². The van der Waals surface area contributed by atoms with Crippen LogP contribution in [-0.4, -0.2) is 16.4 Å². The van der Waals surface area contributed by atoms with Gasteiger partial charge < -0.3 is 5.32 Å². The van der Waals surface area contributed by atoms with E-state index in [0.717, 1.165) is 18.9 Å². The summed E-state index contributed by atoms with van der Waals surface area (Å²) in [4.78, 5) is 20.2. The lowest BCUT2D eigenvalue weighted by Gasteiger charge is -2.59. The Bertz CT molecular complexity index is 693. The molecule has 3 saturated carbocycles. The molecule has 0 heterocycles. The van der Waals surface area contributed by atoms with E-state index in [9.17, 15) is 24.6 Å².